The molecule has 0 atom stereocenters. The molecule has 0 unspecified atom stereocenters. The molecule has 0 bridgehead atoms. The number of nitrogens with zero attached hydrogens (tertiary/aromatic N) is 4. The topological polar surface area (TPSA) is 56.7 Å². The fourth-order valence-electron chi connectivity index (χ4n) is 8.71. The molecule has 3 aromatic heterocycles. The van der Waals surface area contributed by atoms with E-state index in [-0.39, 0.29) is 0 Å². The molecule has 0 radical (unpaired) electrons. The van der Waals surface area contributed by atoms with Crippen LogP contribution in [0.5, 0.6) is 0 Å². The van der Waals surface area contributed by atoms with Crippen molar-refractivity contribution in [2.24, 2.45) is 0 Å². The Bertz CT molecular complexity index is 3560. The van der Waals surface area contributed by atoms with Gasteiger partial charge in [0.15, 0.2) is 17.5 Å². The van der Waals surface area contributed by atoms with Crippen LogP contribution in [-0.2, 0) is 0 Å². The van der Waals surface area contributed by atoms with Crippen molar-refractivity contribution in [1.82, 2.24) is 19.5 Å². The molecule has 0 N–H and O–H groups in total. The van der Waals surface area contributed by atoms with Crippen LogP contribution in [0.3, 0.4) is 0 Å². The molecule has 9 aromatic carbocycles. The van der Waals surface area contributed by atoms with Crippen LogP contribution in [0.15, 0.2) is 186 Å². The summed E-state index contributed by atoms with van der Waals surface area (Å²) in [4.78, 5) is 15.8. The summed E-state index contributed by atoms with van der Waals surface area (Å²) in [6, 6.07) is 63.9. The van der Waals surface area contributed by atoms with E-state index in [4.69, 9.17) is 19.4 Å². The van der Waals surface area contributed by atoms with Gasteiger partial charge in [-0.2, -0.15) is 0 Å². The largest absolute Gasteiger partial charge is 0.456 e. The summed E-state index contributed by atoms with van der Waals surface area (Å²) in [5.41, 5.74) is 7.83. The zero-order valence-corrected chi connectivity index (χ0v) is 30.0. The first-order valence-electron chi connectivity index (χ1n) is 18.9. The van der Waals surface area contributed by atoms with Gasteiger partial charge in [-0.3, -0.25) is 0 Å². The van der Waals surface area contributed by atoms with Crippen molar-refractivity contribution in [2.75, 3.05) is 0 Å². The zero-order chi connectivity index (χ0) is 36.7. The fraction of sp³-hybridized carbons (Fsp3) is 0. The quantitative estimate of drug-likeness (QED) is 0.182. The third-order valence-corrected chi connectivity index (χ3v) is 11.2. The minimum absolute atomic E-state index is 0.595. The van der Waals surface area contributed by atoms with Crippen LogP contribution < -0.4 is 0 Å². The van der Waals surface area contributed by atoms with Crippen LogP contribution >= 0.6 is 0 Å². The molecule has 0 fully saturated rings. The number of rotatable bonds is 4. The molecule has 12 rings (SSSR count). The lowest BCUT2D eigenvalue weighted by Gasteiger charge is -2.15. The van der Waals surface area contributed by atoms with Gasteiger partial charge in [-0.15, -0.1) is 0 Å². The molecule has 0 spiro atoms. The molecule has 12 aromatic rings. The first kappa shape index (κ1) is 30.8. The van der Waals surface area contributed by atoms with Gasteiger partial charge in [-0.05, 0) is 69.4 Å². The monoisotopic (exact) mass is 714 g/mol. The maximum atomic E-state index is 6.31. The predicted octanol–water partition coefficient (Wildman–Crippen LogP) is 13.3. The van der Waals surface area contributed by atoms with Gasteiger partial charge < -0.3 is 8.98 Å². The van der Waals surface area contributed by atoms with Crippen LogP contribution in [0.1, 0.15) is 0 Å². The van der Waals surface area contributed by atoms with Crippen molar-refractivity contribution < 1.29 is 4.42 Å². The third-order valence-electron chi connectivity index (χ3n) is 11.2. The smallest absolute Gasteiger partial charge is 0.164 e. The van der Waals surface area contributed by atoms with Crippen LogP contribution in [0.2, 0.25) is 0 Å². The summed E-state index contributed by atoms with van der Waals surface area (Å²) in [6.45, 7) is 0. The first-order valence-corrected chi connectivity index (χ1v) is 18.9. The lowest BCUT2D eigenvalue weighted by atomic mass is 10.0. The van der Waals surface area contributed by atoms with Gasteiger partial charge in [0.1, 0.15) is 11.2 Å². The number of furan rings is 1. The minimum Gasteiger partial charge on any atom is -0.456 e. The molecule has 0 aliphatic rings. The molecular formula is C51H30N4O. The van der Waals surface area contributed by atoms with Crippen molar-refractivity contribution in [2.45, 2.75) is 0 Å². The average molecular weight is 715 g/mol. The van der Waals surface area contributed by atoms with Gasteiger partial charge in [0.05, 0.1) is 16.7 Å². The number of fused-ring (bicyclic) bond motifs is 10. The summed E-state index contributed by atoms with van der Waals surface area (Å²) in [5, 5.41) is 11.5. The van der Waals surface area contributed by atoms with E-state index in [9.17, 15) is 0 Å². The second-order valence-corrected chi connectivity index (χ2v) is 14.4. The van der Waals surface area contributed by atoms with Crippen LogP contribution in [0.25, 0.3) is 116 Å². The van der Waals surface area contributed by atoms with Gasteiger partial charge in [0.25, 0.3) is 0 Å². The molecule has 5 nitrogen and oxygen atoms in total. The maximum absolute atomic E-state index is 6.31. The molecule has 56 heavy (non-hydrogen) atoms. The number of hydrogen-bond donors (Lipinski definition) is 0. The van der Waals surface area contributed by atoms with Gasteiger partial charge >= 0.3 is 0 Å². The number of para-hydroxylation sites is 2. The van der Waals surface area contributed by atoms with E-state index in [1.54, 1.807) is 0 Å². The second kappa shape index (κ2) is 11.9. The van der Waals surface area contributed by atoms with Gasteiger partial charge in [0.2, 0.25) is 0 Å². The standard InChI is InChI=1S/C51H30N4O/c1-2-14-33-30-34(25-24-31(33)12-1)49-52-50(54-51(53-49)41-20-11-23-46-48(41)40-19-8-10-22-45(40)56-46)38-27-29-43(37-17-6-5-16-36(37)38)55-42-21-9-7-18-39(42)47-35-15-4-3-13-32(35)26-28-44(47)55/h1-30H. The van der Waals surface area contributed by atoms with E-state index in [0.717, 1.165) is 60.5 Å². The lowest BCUT2D eigenvalue weighted by molar-refractivity contribution is 0.669. The zero-order valence-electron chi connectivity index (χ0n) is 30.0. The Morgan fingerprint density at radius 3 is 1.88 bits per heavy atom. The summed E-state index contributed by atoms with van der Waals surface area (Å²) in [5.74, 6) is 1.82. The van der Waals surface area contributed by atoms with Crippen molar-refractivity contribution >= 4 is 76.1 Å². The number of hydrogen-bond acceptors (Lipinski definition) is 4. The summed E-state index contributed by atoms with van der Waals surface area (Å²) < 4.78 is 8.72. The van der Waals surface area contributed by atoms with Gasteiger partial charge in [-0.25, -0.2) is 15.0 Å². The minimum atomic E-state index is 0.595. The number of aromatic nitrogens is 4. The third kappa shape index (κ3) is 4.58. The molecule has 0 amide bonds. The Morgan fingerprint density at radius 2 is 1.00 bits per heavy atom. The van der Waals surface area contributed by atoms with E-state index < -0.39 is 0 Å². The van der Waals surface area contributed by atoms with Gasteiger partial charge in [0, 0.05) is 43.6 Å². The SMILES string of the molecule is c1ccc2cc(-c3nc(-c4ccc(-n5c6ccccc6c6c7ccccc7ccc65)c5ccccc45)nc(-c4cccc5oc6ccccc6c45)n3)ccc2c1. The Labute approximate surface area is 320 Å². The Balaban J connectivity index is 1.13. The van der Waals surface area contributed by atoms with Crippen LogP contribution in [0, 0.1) is 0 Å². The highest BCUT2D eigenvalue weighted by molar-refractivity contribution is 6.22. The van der Waals surface area contributed by atoms with E-state index in [1.165, 1.54) is 38.0 Å². The highest BCUT2D eigenvalue weighted by atomic mass is 16.3. The molecule has 5 heteroatoms. The fourth-order valence-corrected chi connectivity index (χ4v) is 8.71. The van der Waals surface area contributed by atoms with E-state index in [2.05, 4.69) is 156 Å². The van der Waals surface area contributed by atoms with E-state index in [1.807, 2.05) is 30.3 Å². The van der Waals surface area contributed by atoms with E-state index >= 15 is 0 Å². The molecule has 0 saturated carbocycles. The Morgan fingerprint density at radius 1 is 0.357 bits per heavy atom. The van der Waals surface area contributed by atoms with Gasteiger partial charge in [-0.1, -0.05) is 140 Å². The second-order valence-electron chi connectivity index (χ2n) is 14.4. The molecule has 0 aliphatic heterocycles. The highest BCUT2D eigenvalue weighted by Crippen LogP contribution is 2.41. The lowest BCUT2D eigenvalue weighted by Crippen LogP contribution is -2.02. The molecular weight excluding hydrogens is 685 g/mol. The first-order chi connectivity index (χ1) is 27.8. The van der Waals surface area contributed by atoms with Crippen LogP contribution in [0.4, 0.5) is 0 Å². The average Bonchev–Trinajstić information content (AvgIpc) is 3.82. The summed E-state index contributed by atoms with van der Waals surface area (Å²) in [7, 11) is 0. The number of benzene rings is 9. The van der Waals surface area contributed by atoms with Crippen molar-refractivity contribution in [3.8, 4) is 39.9 Å². The van der Waals surface area contributed by atoms with Crippen molar-refractivity contribution in [3.05, 3.63) is 182 Å². The highest BCUT2D eigenvalue weighted by Gasteiger charge is 2.21. The van der Waals surface area contributed by atoms with Crippen molar-refractivity contribution in [3.63, 3.8) is 0 Å². The van der Waals surface area contributed by atoms with Crippen molar-refractivity contribution in [1.29, 1.82) is 0 Å². The summed E-state index contributed by atoms with van der Waals surface area (Å²) >= 11 is 0. The van der Waals surface area contributed by atoms with E-state index in [0.29, 0.717) is 17.5 Å². The molecule has 0 aliphatic carbocycles. The molecule has 0 saturated heterocycles. The maximum Gasteiger partial charge on any atom is 0.164 e. The normalized spacial score (nSPS) is 11.9. The van der Waals surface area contributed by atoms with Crippen LogP contribution in [-0.4, -0.2) is 19.5 Å². The summed E-state index contributed by atoms with van der Waals surface area (Å²) in [6.07, 6.45) is 0. The molecule has 3 heterocycles. The Kier molecular flexibility index (Phi) is 6.56. The predicted molar refractivity (Wildman–Crippen MR) is 230 cm³/mol. The Hall–Kier alpha value is -7.63. The molecule has 260 valence electrons.